The highest BCUT2D eigenvalue weighted by atomic mass is 16.5. The maximum Gasteiger partial charge on any atom is 0.239 e. The molecule has 0 saturated carbocycles. The second-order valence-electron chi connectivity index (χ2n) is 7.92. The summed E-state index contributed by atoms with van der Waals surface area (Å²) in [5.41, 5.74) is 0. The van der Waals surface area contributed by atoms with Crippen molar-refractivity contribution < 1.29 is 19.2 Å². The van der Waals surface area contributed by atoms with Gasteiger partial charge in [-0.2, -0.15) is 0 Å². The van der Waals surface area contributed by atoms with Crippen LogP contribution in [0.15, 0.2) is 53.1 Å². The van der Waals surface area contributed by atoms with Crippen molar-refractivity contribution in [2.24, 2.45) is 0 Å². The molecule has 1 fully saturated rings. The molecule has 1 saturated heterocycles. The normalized spacial score (nSPS) is 16.3. The lowest BCUT2D eigenvalue weighted by molar-refractivity contribution is -0.117. The van der Waals surface area contributed by atoms with E-state index in [1.54, 1.807) is 13.0 Å². The van der Waals surface area contributed by atoms with Crippen LogP contribution in [0.25, 0.3) is 10.8 Å². The summed E-state index contributed by atoms with van der Waals surface area (Å²) in [4.78, 5) is 16.4. The first kappa shape index (κ1) is 21.3. The lowest BCUT2D eigenvalue weighted by Gasteiger charge is -2.35. The average molecular weight is 425 g/mol. The van der Waals surface area contributed by atoms with Crippen molar-refractivity contribution in [2.75, 3.05) is 51.2 Å². The zero-order valence-electron chi connectivity index (χ0n) is 17.7. The molecule has 0 spiro atoms. The largest absolute Gasteiger partial charge is 0.491 e. The molecular weight excluding hydrogens is 396 g/mol. The van der Waals surface area contributed by atoms with Crippen LogP contribution in [-0.2, 0) is 4.79 Å². The number of hydrogen-bond donors (Lipinski definition) is 2. The van der Waals surface area contributed by atoms with Gasteiger partial charge < -0.3 is 19.7 Å². The molecule has 8 nitrogen and oxygen atoms in total. The van der Waals surface area contributed by atoms with Gasteiger partial charge in [-0.1, -0.05) is 35.5 Å². The Morgan fingerprint density at radius 2 is 1.87 bits per heavy atom. The number of aryl methyl sites for hydroxylation is 1. The zero-order valence-corrected chi connectivity index (χ0v) is 17.7. The minimum atomic E-state index is -0.572. The third-order valence-corrected chi connectivity index (χ3v) is 5.36. The molecule has 2 N–H and O–H groups in total. The number of fused-ring (bicyclic) bond motifs is 1. The molecular formula is C23H28N4O4. The molecule has 8 heteroatoms. The standard InChI is InChI=1S/C23H28N4O4/c1-17-12-22(25-31-17)24-23(29)15-27-10-8-26(9-11-27)14-20(28)16-30-21-7-6-18-4-2-3-5-19(18)13-21/h2-7,12-13,20,28H,8-11,14-16H2,1H3,(H,24,25,29). The van der Waals surface area contributed by atoms with Crippen molar-refractivity contribution in [3.63, 3.8) is 0 Å². The van der Waals surface area contributed by atoms with Gasteiger partial charge in [-0.3, -0.25) is 14.6 Å². The van der Waals surface area contributed by atoms with Gasteiger partial charge in [0.05, 0.1) is 6.54 Å². The van der Waals surface area contributed by atoms with Crippen LogP contribution >= 0.6 is 0 Å². The zero-order chi connectivity index (χ0) is 21.6. The summed E-state index contributed by atoms with van der Waals surface area (Å²) in [7, 11) is 0. The number of nitrogens with one attached hydrogen (secondary N) is 1. The Balaban J connectivity index is 1.16. The number of carbonyl (C=O) groups excluding carboxylic acids is 1. The smallest absolute Gasteiger partial charge is 0.239 e. The first-order chi connectivity index (χ1) is 15.0. The number of aliphatic hydroxyl groups excluding tert-OH is 1. The fourth-order valence-corrected chi connectivity index (χ4v) is 3.74. The summed E-state index contributed by atoms with van der Waals surface area (Å²) >= 11 is 0. The molecule has 1 atom stereocenters. The number of rotatable bonds is 8. The summed E-state index contributed by atoms with van der Waals surface area (Å²) in [6.45, 7) is 6.01. The van der Waals surface area contributed by atoms with Crippen molar-refractivity contribution in [2.45, 2.75) is 13.0 Å². The third-order valence-electron chi connectivity index (χ3n) is 5.36. The van der Waals surface area contributed by atoms with E-state index < -0.39 is 6.10 Å². The Kier molecular flexibility index (Phi) is 6.81. The number of nitrogens with zero attached hydrogens (tertiary/aromatic N) is 3. The minimum Gasteiger partial charge on any atom is -0.491 e. The van der Waals surface area contributed by atoms with E-state index in [0.29, 0.717) is 24.7 Å². The van der Waals surface area contributed by atoms with E-state index in [4.69, 9.17) is 9.26 Å². The lowest BCUT2D eigenvalue weighted by Crippen LogP contribution is -2.50. The molecule has 2 aromatic carbocycles. The Morgan fingerprint density at radius 3 is 2.61 bits per heavy atom. The summed E-state index contributed by atoms with van der Waals surface area (Å²) in [5.74, 6) is 1.75. The summed E-state index contributed by atoms with van der Waals surface area (Å²) < 4.78 is 10.8. The van der Waals surface area contributed by atoms with Gasteiger partial charge >= 0.3 is 0 Å². The Labute approximate surface area is 181 Å². The molecule has 3 aromatic rings. The molecule has 0 bridgehead atoms. The molecule has 164 valence electrons. The first-order valence-electron chi connectivity index (χ1n) is 10.5. The molecule has 0 aliphatic carbocycles. The van der Waals surface area contributed by atoms with Crippen molar-refractivity contribution in [1.82, 2.24) is 15.0 Å². The second kappa shape index (κ2) is 9.91. The van der Waals surface area contributed by atoms with E-state index in [-0.39, 0.29) is 12.5 Å². The fraction of sp³-hybridized carbons (Fsp3) is 0.391. The second-order valence-corrected chi connectivity index (χ2v) is 7.92. The number of aliphatic hydroxyl groups is 1. The topological polar surface area (TPSA) is 91.1 Å². The molecule has 1 aliphatic heterocycles. The number of carbonyl (C=O) groups is 1. The molecule has 1 aliphatic rings. The Bertz CT molecular complexity index is 1010. The van der Waals surface area contributed by atoms with E-state index in [2.05, 4.69) is 26.3 Å². The van der Waals surface area contributed by atoms with Crippen molar-refractivity contribution in [1.29, 1.82) is 0 Å². The third kappa shape index (κ3) is 6.04. The van der Waals surface area contributed by atoms with Crippen LogP contribution in [0.1, 0.15) is 5.76 Å². The minimum absolute atomic E-state index is 0.106. The van der Waals surface area contributed by atoms with Crippen molar-refractivity contribution in [3.8, 4) is 5.75 Å². The van der Waals surface area contributed by atoms with Gasteiger partial charge in [-0.25, -0.2) is 0 Å². The molecule has 31 heavy (non-hydrogen) atoms. The fourth-order valence-electron chi connectivity index (χ4n) is 3.74. The number of amides is 1. The van der Waals surface area contributed by atoms with Gasteiger partial charge in [-0.15, -0.1) is 0 Å². The highest BCUT2D eigenvalue weighted by molar-refractivity contribution is 5.91. The number of benzene rings is 2. The Morgan fingerprint density at radius 1 is 1.13 bits per heavy atom. The van der Waals surface area contributed by atoms with Gasteiger partial charge in [0.2, 0.25) is 5.91 Å². The van der Waals surface area contributed by atoms with Crippen molar-refractivity contribution in [3.05, 3.63) is 54.3 Å². The summed E-state index contributed by atoms with van der Waals surface area (Å²) in [5, 5.41) is 19.2. The first-order valence-corrected chi connectivity index (χ1v) is 10.5. The van der Waals surface area contributed by atoms with Crippen LogP contribution in [0.5, 0.6) is 5.75 Å². The van der Waals surface area contributed by atoms with Crippen LogP contribution in [0.3, 0.4) is 0 Å². The lowest BCUT2D eigenvalue weighted by atomic mass is 10.1. The van der Waals surface area contributed by atoms with E-state index in [1.807, 2.05) is 36.4 Å². The molecule has 1 amide bonds. The maximum absolute atomic E-state index is 12.1. The number of β-amino-alcohol motifs (C(OH)–C–C–N with tert-alkyl or cyclic N) is 1. The quantitative estimate of drug-likeness (QED) is 0.572. The number of anilines is 1. The Hall–Kier alpha value is -2.94. The van der Waals surface area contributed by atoms with E-state index in [0.717, 1.165) is 42.7 Å². The monoisotopic (exact) mass is 424 g/mol. The molecule has 1 unspecified atom stereocenters. The van der Waals surface area contributed by atoms with Gasteiger partial charge in [-0.05, 0) is 29.8 Å². The average Bonchev–Trinajstić information content (AvgIpc) is 3.18. The number of piperazine rings is 1. The molecule has 2 heterocycles. The van der Waals surface area contributed by atoms with Crippen LogP contribution in [-0.4, -0.2) is 77.9 Å². The van der Waals surface area contributed by atoms with Crippen molar-refractivity contribution >= 4 is 22.5 Å². The van der Waals surface area contributed by atoms with E-state index in [9.17, 15) is 9.90 Å². The van der Waals surface area contributed by atoms with Gasteiger partial charge in [0.1, 0.15) is 24.2 Å². The van der Waals surface area contributed by atoms with Crippen LogP contribution in [0, 0.1) is 6.92 Å². The predicted molar refractivity (Wildman–Crippen MR) is 118 cm³/mol. The van der Waals surface area contributed by atoms with E-state index >= 15 is 0 Å². The predicted octanol–water partition coefficient (Wildman–Crippen LogP) is 2.13. The molecule has 1 aromatic heterocycles. The maximum atomic E-state index is 12.1. The number of aromatic nitrogens is 1. The number of hydrogen-bond acceptors (Lipinski definition) is 7. The molecule has 4 rings (SSSR count). The molecule has 0 radical (unpaired) electrons. The van der Waals surface area contributed by atoms with Crippen LogP contribution in [0.2, 0.25) is 0 Å². The van der Waals surface area contributed by atoms with Gasteiger partial charge in [0, 0.05) is 38.8 Å². The van der Waals surface area contributed by atoms with Crippen LogP contribution < -0.4 is 10.1 Å². The van der Waals surface area contributed by atoms with E-state index in [1.165, 1.54) is 0 Å². The SMILES string of the molecule is Cc1cc(NC(=O)CN2CCN(CC(O)COc3ccc4ccccc4c3)CC2)no1. The highest BCUT2D eigenvalue weighted by Crippen LogP contribution is 2.20. The highest BCUT2D eigenvalue weighted by Gasteiger charge is 2.21. The summed E-state index contributed by atoms with van der Waals surface area (Å²) in [6.07, 6.45) is -0.572. The summed E-state index contributed by atoms with van der Waals surface area (Å²) in [6, 6.07) is 15.8. The van der Waals surface area contributed by atoms with Crippen LogP contribution in [0.4, 0.5) is 5.82 Å². The number of ether oxygens (including phenoxy) is 1. The van der Waals surface area contributed by atoms with Gasteiger partial charge in [0.25, 0.3) is 0 Å². The van der Waals surface area contributed by atoms with Gasteiger partial charge in [0.15, 0.2) is 5.82 Å².